The number of benzene rings is 2. The number of likely N-dealkylation sites (tertiary alicyclic amines) is 1. The van der Waals surface area contributed by atoms with Crippen molar-refractivity contribution in [1.29, 1.82) is 0 Å². The summed E-state index contributed by atoms with van der Waals surface area (Å²) in [6, 6.07) is 15.6. The number of hydrogen-bond acceptors (Lipinski definition) is 8. The highest BCUT2D eigenvalue weighted by Gasteiger charge is 2.42. The zero-order valence-electron chi connectivity index (χ0n) is 28.7. The smallest absolute Gasteiger partial charge is 0.417 e. The molecule has 0 saturated carbocycles. The first kappa shape index (κ1) is 39.0. The number of hydrogen-bond donors (Lipinski definition) is 4. The first-order chi connectivity index (χ1) is 23.7. The fourth-order valence-electron chi connectivity index (χ4n) is 5.32. The number of amides is 4. The van der Waals surface area contributed by atoms with Gasteiger partial charge in [0, 0.05) is 32.6 Å². The molecule has 0 aromatic heterocycles. The van der Waals surface area contributed by atoms with Gasteiger partial charge >= 0.3 is 6.09 Å². The van der Waals surface area contributed by atoms with Crippen molar-refractivity contribution >= 4 is 29.8 Å². The van der Waals surface area contributed by atoms with Crippen LogP contribution in [-0.2, 0) is 41.6 Å². The van der Waals surface area contributed by atoms with E-state index in [-0.39, 0.29) is 31.8 Å². The molecule has 0 aliphatic carbocycles. The molecule has 1 aliphatic heterocycles. The van der Waals surface area contributed by atoms with Crippen LogP contribution < -0.4 is 22.1 Å². The highest BCUT2D eigenvalue weighted by molar-refractivity contribution is 6.01. The molecule has 3 atom stereocenters. The van der Waals surface area contributed by atoms with Crippen LogP contribution in [0.1, 0.15) is 76.3 Å². The number of unbranched alkanes of at least 4 members (excludes halogenated alkanes) is 2. The van der Waals surface area contributed by atoms with Gasteiger partial charge in [-0.1, -0.05) is 87.4 Å². The van der Waals surface area contributed by atoms with Gasteiger partial charge in [0.05, 0.1) is 6.04 Å². The molecule has 2 aromatic rings. The van der Waals surface area contributed by atoms with Crippen LogP contribution in [0.3, 0.4) is 0 Å². The molecule has 4 amide bonds. The molecule has 0 spiro atoms. The van der Waals surface area contributed by atoms with Gasteiger partial charge < -0.3 is 36.3 Å². The van der Waals surface area contributed by atoms with Crippen molar-refractivity contribution < 1.29 is 33.4 Å². The molecule has 1 heterocycles. The highest BCUT2D eigenvalue weighted by atomic mass is 16.7. The number of carbonyl (C=O) groups is 4. The zero-order chi connectivity index (χ0) is 35.4. The maximum atomic E-state index is 14.1. The van der Waals surface area contributed by atoms with Crippen molar-refractivity contribution in [3.63, 3.8) is 0 Å². The summed E-state index contributed by atoms with van der Waals surface area (Å²) in [4.78, 5) is 58.5. The second-order valence-electron chi connectivity index (χ2n) is 12.0. The molecule has 2 aromatic carbocycles. The number of nitrogens with zero attached hydrogens (tertiary/aromatic N) is 2. The highest BCUT2D eigenvalue weighted by Crippen LogP contribution is 2.21. The van der Waals surface area contributed by atoms with Crippen LogP contribution in [0.4, 0.5) is 4.79 Å². The molecule has 13 nitrogen and oxygen atoms in total. The lowest BCUT2D eigenvalue weighted by molar-refractivity contribution is -0.165. The van der Waals surface area contributed by atoms with Crippen molar-refractivity contribution in [3.05, 3.63) is 71.8 Å². The number of guanidine groups is 1. The van der Waals surface area contributed by atoms with Crippen LogP contribution >= 0.6 is 0 Å². The Labute approximate surface area is 289 Å². The predicted octanol–water partition coefficient (Wildman–Crippen LogP) is 3.54. The molecular formula is C36H52N6O7. The third-order valence-electron chi connectivity index (χ3n) is 8.02. The number of carbonyl (C=O) groups excluding carboxylic acids is 4. The normalized spacial score (nSPS) is 15.4. The van der Waals surface area contributed by atoms with Crippen molar-refractivity contribution in [1.82, 2.24) is 15.5 Å². The maximum absolute atomic E-state index is 14.1. The van der Waals surface area contributed by atoms with Crippen LogP contribution in [0.15, 0.2) is 65.7 Å². The summed E-state index contributed by atoms with van der Waals surface area (Å²) < 4.78 is 17.7. The maximum Gasteiger partial charge on any atom is 0.417 e. The fourth-order valence-corrected chi connectivity index (χ4v) is 5.32. The standard InChI is InChI=1S/C36H52N6O7/c1-3-5-22-47-34(48-23-6-4-2)28(18-13-21-39-35(37)38)40-32(44)29(24-26-14-9-7-10-15-26)41-33(45)30-19-20-31(43)42(30)36(46)49-25-27-16-11-8-12-17-27/h7-12,14-17,28-30,34H,3-6,13,18-25H2,1-2H3,(H,40,44)(H,41,45)(H4,37,38,39)/t28-,29-,30+/m0/s1. The van der Waals surface area contributed by atoms with Gasteiger partial charge in [0.25, 0.3) is 0 Å². The number of nitrogens with one attached hydrogen (secondary N) is 2. The van der Waals surface area contributed by atoms with E-state index in [1.54, 1.807) is 12.1 Å². The molecule has 3 rings (SSSR count). The van der Waals surface area contributed by atoms with E-state index in [0.717, 1.165) is 41.7 Å². The third kappa shape index (κ3) is 13.5. The van der Waals surface area contributed by atoms with Crippen LogP contribution in [0, 0.1) is 0 Å². The summed E-state index contributed by atoms with van der Waals surface area (Å²) in [7, 11) is 0. The summed E-state index contributed by atoms with van der Waals surface area (Å²) in [5.74, 6) is -1.63. The van der Waals surface area contributed by atoms with Gasteiger partial charge in [-0.2, -0.15) is 0 Å². The Balaban J connectivity index is 1.80. The Kier molecular flexibility index (Phi) is 17.1. The third-order valence-corrected chi connectivity index (χ3v) is 8.02. The Morgan fingerprint density at radius 1 is 0.898 bits per heavy atom. The van der Waals surface area contributed by atoms with E-state index in [1.807, 2.05) is 48.5 Å². The predicted molar refractivity (Wildman–Crippen MR) is 186 cm³/mol. The van der Waals surface area contributed by atoms with Crippen LogP contribution in [-0.4, -0.2) is 78.8 Å². The molecule has 1 fully saturated rings. The molecule has 0 radical (unpaired) electrons. The van der Waals surface area contributed by atoms with Gasteiger partial charge in [-0.05, 0) is 43.2 Å². The Bertz CT molecular complexity index is 1330. The largest absolute Gasteiger partial charge is 0.444 e. The molecule has 0 bridgehead atoms. The average molecular weight is 681 g/mol. The van der Waals surface area contributed by atoms with Gasteiger partial charge in [-0.3, -0.25) is 19.4 Å². The van der Waals surface area contributed by atoms with E-state index in [2.05, 4.69) is 29.5 Å². The van der Waals surface area contributed by atoms with Gasteiger partial charge in [-0.25, -0.2) is 9.69 Å². The van der Waals surface area contributed by atoms with Crippen molar-refractivity contribution in [2.75, 3.05) is 19.8 Å². The van der Waals surface area contributed by atoms with Gasteiger partial charge in [0.1, 0.15) is 18.7 Å². The minimum atomic E-state index is -1.13. The number of aliphatic imine (C=N–C) groups is 1. The molecule has 0 unspecified atom stereocenters. The Morgan fingerprint density at radius 2 is 1.51 bits per heavy atom. The van der Waals surface area contributed by atoms with E-state index < -0.39 is 48.2 Å². The summed E-state index contributed by atoms with van der Waals surface area (Å²) in [6.45, 7) is 5.31. The number of imide groups is 1. The summed E-state index contributed by atoms with van der Waals surface area (Å²) in [5, 5.41) is 5.90. The van der Waals surface area contributed by atoms with Crippen LogP contribution in [0.5, 0.6) is 0 Å². The van der Waals surface area contributed by atoms with Crippen LogP contribution in [0.25, 0.3) is 0 Å². The lowest BCUT2D eigenvalue weighted by Crippen LogP contribution is -2.57. The molecule has 13 heteroatoms. The molecule has 6 N–H and O–H groups in total. The van der Waals surface area contributed by atoms with E-state index in [0.29, 0.717) is 32.6 Å². The zero-order valence-corrected chi connectivity index (χ0v) is 28.7. The van der Waals surface area contributed by atoms with Crippen molar-refractivity contribution in [2.45, 2.75) is 103 Å². The van der Waals surface area contributed by atoms with Gasteiger partial charge in [-0.15, -0.1) is 0 Å². The van der Waals surface area contributed by atoms with Crippen molar-refractivity contribution in [2.24, 2.45) is 16.5 Å². The number of nitrogens with two attached hydrogens (primary N) is 2. The minimum absolute atomic E-state index is 0.00216. The SMILES string of the molecule is CCCCOC(OCCCC)[C@H](CCCN=C(N)N)NC(=O)[C@H](Cc1ccccc1)NC(=O)[C@H]1CCC(=O)N1C(=O)OCc1ccccc1. The minimum Gasteiger partial charge on any atom is -0.444 e. The fraction of sp³-hybridized carbons (Fsp3) is 0.528. The molecular weight excluding hydrogens is 628 g/mol. The van der Waals surface area contributed by atoms with E-state index >= 15 is 0 Å². The van der Waals surface area contributed by atoms with Crippen LogP contribution in [0.2, 0.25) is 0 Å². The Morgan fingerprint density at radius 3 is 2.10 bits per heavy atom. The average Bonchev–Trinajstić information content (AvgIpc) is 3.49. The molecule has 49 heavy (non-hydrogen) atoms. The number of ether oxygens (including phenoxy) is 3. The molecule has 1 aliphatic rings. The van der Waals surface area contributed by atoms with E-state index in [1.165, 1.54) is 0 Å². The lowest BCUT2D eigenvalue weighted by Gasteiger charge is -2.30. The van der Waals surface area contributed by atoms with Gasteiger partial charge in [0.15, 0.2) is 12.2 Å². The topological polar surface area (TPSA) is 188 Å². The van der Waals surface area contributed by atoms with Crippen molar-refractivity contribution in [3.8, 4) is 0 Å². The lowest BCUT2D eigenvalue weighted by atomic mass is 10.0. The molecule has 268 valence electrons. The second-order valence-corrected chi connectivity index (χ2v) is 12.0. The van der Waals surface area contributed by atoms with E-state index in [4.69, 9.17) is 25.7 Å². The Hall–Kier alpha value is -4.49. The summed E-state index contributed by atoms with van der Waals surface area (Å²) in [6.07, 6.45) is 3.08. The van der Waals surface area contributed by atoms with E-state index in [9.17, 15) is 19.2 Å². The number of rotatable bonds is 21. The first-order valence-corrected chi connectivity index (χ1v) is 17.2. The molecule has 1 saturated heterocycles. The first-order valence-electron chi connectivity index (χ1n) is 17.2. The second kappa shape index (κ2) is 21.5. The monoisotopic (exact) mass is 680 g/mol. The summed E-state index contributed by atoms with van der Waals surface area (Å²) >= 11 is 0. The van der Waals surface area contributed by atoms with Gasteiger partial charge in [0.2, 0.25) is 17.7 Å². The quantitative estimate of drug-likeness (QED) is 0.0662. The summed E-state index contributed by atoms with van der Waals surface area (Å²) in [5.41, 5.74) is 12.6.